The molecule has 2 fully saturated rings. The van der Waals surface area contributed by atoms with Crippen LogP contribution < -0.4 is 5.32 Å². The molecule has 4 nitrogen and oxygen atoms in total. The molecule has 0 aromatic heterocycles. The van der Waals surface area contributed by atoms with Crippen molar-refractivity contribution in [2.75, 3.05) is 33.2 Å². The highest BCUT2D eigenvalue weighted by Crippen LogP contribution is 2.33. The topological polar surface area (TPSA) is 35.6 Å². The van der Waals surface area contributed by atoms with Crippen LogP contribution in [-0.4, -0.2) is 54.5 Å². The zero-order chi connectivity index (χ0) is 18.9. The second-order valence-corrected chi connectivity index (χ2v) is 7.26. The van der Waals surface area contributed by atoms with Crippen LogP contribution in [0.25, 0.3) is 0 Å². The minimum atomic E-state index is -4.54. The average molecular weight is 373 g/mol. The van der Waals surface area contributed by atoms with Gasteiger partial charge in [0, 0.05) is 50.2 Å². The molecule has 2 heterocycles. The van der Waals surface area contributed by atoms with Crippen molar-refractivity contribution in [2.24, 2.45) is 0 Å². The van der Waals surface area contributed by atoms with Crippen LogP contribution in [0.15, 0.2) is 18.2 Å². The summed E-state index contributed by atoms with van der Waals surface area (Å²) in [4.78, 5) is 16.0. The van der Waals surface area contributed by atoms with E-state index in [2.05, 4.69) is 15.1 Å². The van der Waals surface area contributed by atoms with Gasteiger partial charge in [0.05, 0.1) is 5.56 Å². The summed E-state index contributed by atoms with van der Waals surface area (Å²) in [5, 5.41) is 2.88. The molecular weight excluding hydrogens is 350 g/mol. The highest BCUT2D eigenvalue weighted by atomic mass is 19.4. The summed E-state index contributed by atoms with van der Waals surface area (Å²) in [5.41, 5.74) is -0.873. The zero-order valence-corrected chi connectivity index (χ0v) is 14.7. The standard InChI is InChI=1S/C18H23F4N3O/c1-24-8-9-25(12-17(24)5-4-16(26)23-7-6-17)11-13-2-3-14(10-15(13)19)18(20,21)22/h2-3,10H,4-9,11-12H2,1H3,(H,23,26). The minimum absolute atomic E-state index is 0.0428. The Morgan fingerprint density at radius 2 is 2.00 bits per heavy atom. The average Bonchev–Trinajstić information content (AvgIpc) is 2.75. The van der Waals surface area contributed by atoms with Crippen LogP contribution in [0.3, 0.4) is 0 Å². The van der Waals surface area contributed by atoms with E-state index in [1.54, 1.807) is 0 Å². The van der Waals surface area contributed by atoms with Crippen molar-refractivity contribution < 1.29 is 22.4 Å². The van der Waals surface area contributed by atoms with E-state index in [-0.39, 0.29) is 23.6 Å². The molecule has 1 spiro atoms. The van der Waals surface area contributed by atoms with Gasteiger partial charge in [-0.05, 0) is 32.0 Å². The second-order valence-electron chi connectivity index (χ2n) is 7.26. The quantitative estimate of drug-likeness (QED) is 0.810. The first-order valence-electron chi connectivity index (χ1n) is 8.76. The number of nitrogens with one attached hydrogen (secondary N) is 1. The van der Waals surface area contributed by atoms with E-state index >= 15 is 0 Å². The molecule has 1 atom stereocenters. The first-order valence-corrected chi connectivity index (χ1v) is 8.76. The lowest BCUT2D eigenvalue weighted by Crippen LogP contribution is -2.60. The van der Waals surface area contributed by atoms with E-state index in [4.69, 9.17) is 0 Å². The molecule has 1 aromatic carbocycles. The fraction of sp³-hybridized carbons (Fsp3) is 0.611. The number of carbonyl (C=O) groups is 1. The van der Waals surface area contributed by atoms with Crippen LogP contribution >= 0.6 is 0 Å². The fourth-order valence-electron chi connectivity index (χ4n) is 3.91. The van der Waals surface area contributed by atoms with Gasteiger partial charge in [-0.2, -0.15) is 13.2 Å². The van der Waals surface area contributed by atoms with Gasteiger partial charge in [-0.15, -0.1) is 0 Å². The highest BCUT2D eigenvalue weighted by Gasteiger charge is 2.41. The van der Waals surface area contributed by atoms with Crippen LogP contribution in [0.2, 0.25) is 0 Å². The van der Waals surface area contributed by atoms with Crippen molar-refractivity contribution in [1.82, 2.24) is 15.1 Å². The van der Waals surface area contributed by atoms with Gasteiger partial charge >= 0.3 is 6.18 Å². The third-order valence-corrected chi connectivity index (χ3v) is 5.58. The molecule has 0 bridgehead atoms. The Morgan fingerprint density at radius 1 is 1.23 bits per heavy atom. The van der Waals surface area contributed by atoms with E-state index < -0.39 is 17.6 Å². The van der Waals surface area contributed by atoms with Crippen LogP contribution in [0.4, 0.5) is 17.6 Å². The normalized spacial score (nSPS) is 26.0. The molecule has 2 saturated heterocycles. The monoisotopic (exact) mass is 373 g/mol. The Hall–Kier alpha value is -1.67. The molecule has 1 N–H and O–H groups in total. The molecule has 0 radical (unpaired) electrons. The molecule has 0 saturated carbocycles. The number of likely N-dealkylation sites (N-methyl/N-ethyl adjacent to an activating group) is 1. The first-order chi connectivity index (χ1) is 12.2. The van der Waals surface area contributed by atoms with Crippen LogP contribution in [-0.2, 0) is 17.5 Å². The van der Waals surface area contributed by atoms with Gasteiger partial charge in [0.15, 0.2) is 0 Å². The summed E-state index contributed by atoms with van der Waals surface area (Å²) in [5.74, 6) is -0.785. The van der Waals surface area contributed by atoms with E-state index in [0.29, 0.717) is 32.1 Å². The molecule has 0 aliphatic carbocycles. The number of hydrogen-bond acceptors (Lipinski definition) is 3. The van der Waals surface area contributed by atoms with Crippen LogP contribution in [0.1, 0.15) is 30.4 Å². The maximum Gasteiger partial charge on any atom is 0.416 e. The second kappa shape index (κ2) is 7.15. The fourth-order valence-corrected chi connectivity index (χ4v) is 3.91. The molecule has 1 aromatic rings. The number of carbonyl (C=O) groups excluding carboxylic acids is 1. The Balaban J connectivity index is 1.73. The lowest BCUT2D eigenvalue weighted by molar-refractivity contribution is -0.137. The van der Waals surface area contributed by atoms with Crippen molar-refractivity contribution in [3.05, 3.63) is 35.1 Å². The summed E-state index contributed by atoms with van der Waals surface area (Å²) in [6.45, 7) is 3.02. The van der Waals surface area contributed by atoms with Crippen molar-refractivity contribution in [1.29, 1.82) is 0 Å². The maximum absolute atomic E-state index is 14.2. The Morgan fingerprint density at radius 3 is 2.69 bits per heavy atom. The molecule has 2 aliphatic heterocycles. The lowest BCUT2D eigenvalue weighted by Gasteiger charge is -2.49. The molecule has 1 unspecified atom stereocenters. The molecule has 3 rings (SSSR count). The molecule has 144 valence electrons. The van der Waals surface area contributed by atoms with Gasteiger partial charge in [-0.25, -0.2) is 4.39 Å². The largest absolute Gasteiger partial charge is 0.416 e. The van der Waals surface area contributed by atoms with Crippen LogP contribution in [0.5, 0.6) is 0 Å². The molecule has 8 heteroatoms. The molecular formula is C18H23F4N3O. The van der Waals surface area contributed by atoms with Crippen LogP contribution in [0, 0.1) is 5.82 Å². The van der Waals surface area contributed by atoms with Gasteiger partial charge in [0.25, 0.3) is 0 Å². The van der Waals surface area contributed by atoms with E-state index in [1.165, 1.54) is 6.07 Å². The predicted molar refractivity (Wildman–Crippen MR) is 88.9 cm³/mol. The number of rotatable bonds is 2. The molecule has 2 aliphatic rings. The van der Waals surface area contributed by atoms with Crippen molar-refractivity contribution in [3.8, 4) is 0 Å². The van der Waals surface area contributed by atoms with Crippen molar-refractivity contribution in [2.45, 2.75) is 37.5 Å². The number of alkyl halides is 3. The molecule has 1 amide bonds. The SMILES string of the molecule is CN1CCN(Cc2ccc(C(F)(F)F)cc2F)CC12CCNC(=O)CC2. The van der Waals surface area contributed by atoms with Gasteiger partial charge in [0.2, 0.25) is 5.91 Å². The third-order valence-electron chi connectivity index (χ3n) is 5.58. The van der Waals surface area contributed by atoms with E-state index in [1.807, 2.05) is 7.05 Å². The van der Waals surface area contributed by atoms with E-state index in [9.17, 15) is 22.4 Å². The predicted octanol–water partition coefficient (Wildman–Crippen LogP) is 2.63. The van der Waals surface area contributed by atoms with Gasteiger partial charge < -0.3 is 5.32 Å². The molecule has 26 heavy (non-hydrogen) atoms. The number of halogens is 4. The smallest absolute Gasteiger partial charge is 0.356 e. The number of nitrogens with zero attached hydrogens (tertiary/aromatic N) is 2. The minimum Gasteiger partial charge on any atom is -0.356 e. The van der Waals surface area contributed by atoms with E-state index in [0.717, 1.165) is 25.5 Å². The summed E-state index contributed by atoms with van der Waals surface area (Å²) < 4.78 is 52.3. The Bertz CT molecular complexity index is 679. The van der Waals surface area contributed by atoms with Gasteiger partial charge in [0.1, 0.15) is 5.82 Å². The lowest BCUT2D eigenvalue weighted by atomic mass is 9.86. The van der Waals surface area contributed by atoms with Crippen molar-refractivity contribution in [3.63, 3.8) is 0 Å². The first kappa shape index (κ1) is 19.1. The number of benzene rings is 1. The van der Waals surface area contributed by atoms with Gasteiger partial charge in [-0.3, -0.25) is 14.6 Å². The third kappa shape index (κ3) is 4.01. The highest BCUT2D eigenvalue weighted by molar-refractivity contribution is 5.76. The maximum atomic E-state index is 14.2. The summed E-state index contributed by atoms with van der Waals surface area (Å²) in [6, 6.07) is 2.72. The summed E-state index contributed by atoms with van der Waals surface area (Å²) in [7, 11) is 2.03. The number of piperazine rings is 1. The van der Waals surface area contributed by atoms with Gasteiger partial charge in [-0.1, -0.05) is 6.07 Å². The van der Waals surface area contributed by atoms with Crippen molar-refractivity contribution >= 4 is 5.91 Å². The summed E-state index contributed by atoms with van der Waals surface area (Å²) in [6.07, 6.45) is -2.56. The Labute approximate surface area is 150 Å². The Kier molecular flexibility index (Phi) is 5.25. The zero-order valence-electron chi connectivity index (χ0n) is 14.7. The number of amides is 1. The summed E-state index contributed by atoms with van der Waals surface area (Å²) >= 11 is 0. The number of hydrogen-bond donors (Lipinski definition) is 1.